The number of halogens is 3. The number of amides is 1. The summed E-state index contributed by atoms with van der Waals surface area (Å²) in [5.41, 5.74) is 3.69. The number of hydrogen-bond donors (Lipinski definition) is 1. The van der Waals surface area contributed by atoms with Crippen LogP contribution in [0.15, 0.2) is 63.8 Å². The van der Waals surface area contributed by atoms with Crippen molar-refractivity contribution in [3.05, 3.63) is 96.6 Å². The average molecular weight is 473 g/mol. The van der Waals surface area contributed by atoms with Gasteiger partial charge in [-0.1, -0.05) is 53.0 Å². The molecular formula is C24H16Cl3NO3. The highest BCUT2D eigenvalue weighted by molar-refractivity contribution is 6.42. The van der Waals surface area contributed by atoms with E-state index >= 15 is 0 Å². The second-order valence-corrected chi connectivity index (χ2v) is 8.46. The summed E-state index contributed by atoms with van der Waals surface area (Å²) < 4.78 is 6.01. The van der Waals surface area contributed by atoms with Crippen molar-refractivity contribution in [1.29, 1.82) is 0 Å². The van der Waals surface area contributed by atoms with Gasteiger partial charge < -0.3 is 9.73 Å². The maximum absolute atomic E-state index is 12.6. The van der Waals surface area contributed by atoms with Crippen LogP contribution in [0.2, 0.25) is 15.1 Å². The highest BCUT2D eigenvalue weighted by Gasteiger charge is 2.14. The molecule has 0 saturated heterocycles. The number of hydrogen-bond acceptors (Lipinski definition) is 3. The van der Waals surface area contributed by atoms with Crippen LogP contribution in [0.1, 0.15) is 21.5 Å². The van der Waals surface area contributed by atoms with Crippen LogP contribution in [0.3, 0.4) is 0 Å². The van der Waals surface area contributed by atoms with Crippen molar-refractivity contribution in [2.75, 3.05) is 5.32 Å². The van der Waals surface area contributed by atoms with E-state index in [1.54, 1.807) is 24.3 Å². The van der Waals surface area contributed by atoms with E-state index in [0.29, 0.717) is 32.9 Å². The Labute approximate surface area is 193 Å². The van der Waals surface area contributed by atoms with Gasteiger partial charge in [0.2, 0.25) is 0 Å². The van der Waals surface area contributed by atoms with Gasteiger partial charge in [0.25, 0.3) is 5.91 Å². The molecule has 1 N–H and O–H groups in total. The van der Waals surface area contributed by atoms with E-state index < -0.39 is 0 Å². The zero-order valence-corrected chi connectivity index (χ0v) is 18.8. The lowest BCUT2D eigenvalue weighted by Gasteiger charge is -2.10. The molecule has 1 heterocycles. The Morgan fingerprint density at radius 2 is 1.55 bits per heavy atom. The molecule has 0 aliphatic heterocycles. The first-order chi connectivity index (χ1) is 14.7. The zero-order chi connectivity index (χ0) is 22.3. The smallest absolute Gasteiger partial charge is 0.255 e. The minimum absolute atomic E-state index is 0.114. The molecule has 31 heavy (non-hydrogen) atoms. The van der Waals surface area contributed by atoms with Crippen LogP contribution in [0.5, 0.6) is 0 Å². The lowest BCUT2D eigenvalue weighted by molar-refractivity contribution is 0.102. The number of rotatable bonds is 3. The van der Waals surface area contributed by atoms with Crippen molar-refractivity contribution in [3.63, 3.8) is 0 Å². The van der Waals surface area contributed by atoms with Gasteiger partial charge in [0.15, 0.2) is 5.43 Å². The van der Waals surface area contributed by atoms with Crippen molar-refractivity contribution in [2.24, 2.45) is 0 Å². The number of anilines is 1. The number of carbonyl (C=O) groups excluding carboxylic acids is 1. The molecule has 4 aromatic rings. The molecule has 156 valence electrons. The number of benzene rings is 3. The van der Waals surface area contributed by atoms with Crippen LogP contribution in [0, 0.1) is 13.8 Å². The van der Waals surface area contributed by atoms with Crippen LogP contribution in [0.25, 0.3) is 22.3 Å². The van der Waals surface area contributed by atoms with Crippen molar-refractivity contribution in [2.45, 2.75) is 13.8 Å². The van der Waals surface area contributed by atoms with E-state index in [-0.39, 0.29) is 27.1 Å². The Kier molecular flexibility index (Phi) is 5.80. The van der Waals surface area contributed by atoms with Crippen LogP contribution in [-0.2, 0) is 0 Å². The third-order valence-electron chi connectivity index (χ3n) is 4.84. The molecule has 0 atom stereocenters. The molecule has 0 bridgehead atoms. The highest BCUT2D eigenvalue weighted by Crippen LogP contribution is 2.34. The predicted octanol–water partition coefficient (Wildman–Crippen LogP) is 7.29. The van der Waals surface area contributed by atoms with E-state index in [2.05, 4.69) is 5.32 Å². The largest absolute Gasteiger partial charge is 0.456 e. The number of fused-ring (bicyclic) bond motifs is 1. The maximum atomic E-state index is 12.6. The van der Waals surface area contributed by atoms with E-state index in [4.69, 9.17) is 39.2 Å². The number of aryl methyl sites for hydroxylation is 2. The van der Waals surface area contributed by atoms with Crippen molar-refractivity contribution >= 4 is 57.4 Å². The van der Waals surface area contributed by atoms with E-state index in [1.165, 1.54) is 18.2 Å². The fraction of sp³-hybridized carbons (Fsp3) is 0.0833. The fourth-order valence-electron chi connectivity index (χ4n) is 3.38. The molecule has 0 spiro atoms. The maximum Gasteiger partial charge on any atom is 0.255 e. The monoisotopic (exact) mass is 471 g/mol. The lowest BCUT2D eigenvalue weighted by Crippen LogP contribution is -2.12. The molecule has 0 radical (unpaired) electrons. The molecule has 0 aliphatic rings. The SMILES string of the molecule is Cc1cc(C)c2oc(-c3ccc(C(=O)Nc4c(Cl)cc(Cl)cc4Cl)cc3)cc(=O)c2c1. The third-order valence-corrected chi connectivity index (χ3v) is 5.65. The molecular weight excluding hydrogens is 457 g/mol. The Bertz CT molecular complexity index is 1370. The van der Waals surface area contributed by atoms with Gasteiger partial charge in [-0.2, -0.15) is 0 Å². The molecule has 0 saturated carbocycles. The first kappa shape index (κ1) is 21.4. The zero-order valence-electron chi connectivity index (χ0n) is 16.6. The summed E-state index contributed by atoms with van der Waals surface area (Å²) in [5.74, 6) is 0.0455. The average Bonchev–Trinajstić information content (AvgIpc) is 2.71. The Balaban J connectivity index is 1.64. The van der Waals surface area contributed by atoms with Gasteiger partial charge in [-0.3, -0.25) is 9.59 Å². The summed E-state index contributed by atoms with van der Waals surface area (Å²) >= 11 is 18.2. The van der Waals surface area contributed by atoms with Gasteiger partial charge in [0.1, 0.15) is 11.3 Å². The Morgan fingerprint density at radius 1 is 0.903 bits per heavy atom. The third kappa shape index (κ3) is 4.33. The van der Waals surface area contributed by atoms with E-state index in [9.17, 15) is 9.59 Å². The quantitative estimate of drug-likeness (QED) is 0.340. The molecule has 4 nitrogen and oxygen atoms in total. The highest BCUT2D eigenvalue weighted by atomic mass is 35.5. The van der Waals surface area contributed by atoms with Crippen molar-refractivity contribution in [1.82, 2.24) is 0 Å². The topological polar surface area (TPSA) is 59.3 Å². The van der Waals surface area contributed by atoms with Crippen LogP contribution < -0.4 is 10.7 Å². The number of carbonyl (C=O) groups is 1. The summed E-state index contributed by atoms with van der Waals surface area (Å²) in [4.78, 5) is 25.2. The molecule has 7 heteroatoms. The Morgan fingerprint density at radius 3 is 2.19 bits per heavy atom. The minimum atomic E-state index is -0.385. The normalized spacial score (nSPS) is 11.0. The van der Waals surface area contributed by atoms with Crippen molar-refractivity contribution in [3.8, 4) is 11.3 Å². The Hall–Kier alpha value is -2.79. The number of nitrogens with one attached hydrogen (secondary N) is 1. The van der Waals surface area contributed by atoms with Gasteiger partial charge in [0, 0.05) is 22.2 Å². The molecule has 1 aromatic heterocycles. The lowest BCUT2D eigenvalue weighted by atomic mass is 10.1. The van der Waals surface area contributed by atoms with Gasteiger partial charge in [-0.05, 0) is 55.3 Å². The first-order valence-electron chi connectivity index (χ1n) is 9.34. The molecule has 3 aromatic carbocycles. The standard InChI is InChI=1S/C24H16Cl3NO3/c1-12-7-13(2)23-17(8-12)20(29)11-21(31-23)14-3-5-15(6-4-14)24(30)28-22-18(26)9-16(25)10-19(22)27/h3-11H,1-2H3,(H,28,30). The van der Waals surface area contributed by atoms with Crippen LogP contribution >= 0.6 is 34.8 Å². The van der Waals surface area contributed by atoms with Crippen LogP contribution in [-0.4, -0.2) is 5.91 Å². The van der Waals surface area contributed by atoms with E-state index in [1.807, 2.05) is 26.0 Å². The van der Waals surface area contributed by atoms with Gasteiger partial charge in [-0.15, -0.1) is 0 Å². The van der Waals surface area contributed by atoms with Crippen LogP contribution in [0.4, 0.5) is 5.69 Å². The predicted molar refractivity (Wildman–Crippen MR) is 127 cm³/mol. The van der Waals surface area contributed by atoms with E-state index in [0.717, 1.165) is 11.1 Å². The molecule has 0 aliphatic carbocycles. The molecule has 0 fully saturated rings. The summed E-state index contributed by atoms with van der Waals surface area (Å²) in [6.07, 6.45) is 0. The summed E-state index contributed by atoms with van der Waals surface area (Å²) in [7, 11) is 0. The molecule has 0 unspecified atom stereocenters. The second kappa shape index (κ2) is 8.39. The summed E-state index contributed by atoms with van der Waals surface area (Å²) in [5, 5.41) is 4.10. The first-order valence-corrected chi connectivity index (χ1v) is 10.5. The van der Waals surface area contributed by atoms with Gasteiger partial charge in [-0.25, -0.2) is 0 Å². The van der Waals surface area contributed by atoms with Gasteiger partial charge in [0.05, 0.1) is 21.1 Å². The molecule has 4 rings (SSSR count). The van der Waals surface area contributed by atoms with Gasteiger partial charge >= 0.3 is 0 Å². The second-order valence-electron chi connectivity index (χ2n) is 7.21. The minimum Gasteiger partial charge on any atom is -0.456 e. The summed E-state index contributed by atoms with van der Waals surface area (Å²) in [6.45, 7) is 3.84. The van der Waals surface area contributed by atoms with Crippen molar-refractivity contribution < 1.29 is 9.21 Å². The fourth-order valence-corrected chi connectivity index (χ4v) is 4.30. The summed E-state index contributed by atoms with van der Waals surface area (Å²) in [6, 6.07) is 14.9. The molecule has 1 amide bonds.